The van der Waals surface area contributed by atoms with Gasteiger partial charge in [-0.2, -0.15) is 0 Å². The van der Waals surface area contributed by atoms with Crippen molar-refractivity contribution in [3.05, 3.63) is 0 Å². The second kappa shape index (κ2) is 4.27. The number of nitrogens with zero attached hydrogens (tertiary/aromatic N) is 1. The lowest BCUT2D eigenvalue weighted by Crippen LogP contribution is -2.40. The maximum atomic E-state index is 2.60. The molecule has 0 saturated carbocycles. The van der Waals surface area contributed by atoms with E-state index in [4.69, 9.17) is 0 Å². The van der Waals surface area contributed by atoms with Crippen molar-refractivity contribution < 1.29 is 0 Å². The van der Waals surface area contributed by atoms with Crippen molar-refractivity contribution in [1.82, 2.24) is 4.90 Å². The average Bonchev–Trinajstić information content (AvgIpc) is 2.35. The number of hydrogen-bond donors (Lipinski definition) is 0. The third-order valence-electron chi connectivity index (χ3n) is 3.38. The van der Waals surface area contributed by atoms with Crippen LogP contribution in [0, 0.1) is 0 Å². The van der Waals surface area contributed by atoms with Crippen molar-refractivity contribution in [1.29, 1.82) is 0 Å². The molecule has 1 fully saturated rings. The molecule has 1 nitrogen and oxygen atoms in total. The van der Waals surface area contributed by atoms with Crippen molar-refractivity contribution in [3.8, 4) is 0 Å². The maximum absolute atomic E-state index is 2.60. The van der Waals surface area contributed by atoms with E-state index in [1.54, 1.807) is 0 Å². The second-order valence-corrected chi connectivity index (χ2v) is 4.25. The summed E-state index contributed by atoms with van der Waals surface area (Å²) in [5.41, 5.74) is 0.587. The first kappa shape index (κ1) is 10.0. The summed E-state index contributed by atoms with van der Waals surface area (Å²) >= 11 is 0. The Labute approximate surface area is 77.1 Å². The molecule has 72 valence electrons. The Kier molecular flexibility index (Phi) is 3.57. The molecule has 1 aliphatic heterocycles. The molecule has 0 spiro atoms. The highest BCUT2D eigenvalue weighted by Crippen LogP contribution is 2.35. The summed E-state index contributed by atoms with van der Waals surface area (Å²) in [5, 5.41) is 0. The summed E-state index contributed by atoms with van der Waals surface area (Å²) in [4.78, 5) is 2.60. The van der Waals surface area contributed by atoms with Crippen molar-refractivity contribution in [2.75, 3.05) is 13.6 Å². The summed E-state index contributed by atoms with van der Waals surface area (Å²) in [6, 6.07) is 0. The average molecular weight is 169 g/mol. The zero-order valence-electron chi connectivity index (χ0n) is 8.90. The van der Waals surface area contributed by atoms with Gasteiger partial charge in [0.1, 0.15) is 0 Å². The molecule has 0 aliphatic carbocycles. The van der Waals surface area contributed by atoms with E-state index < -0.39 is 0 Å². The van der Waals surface area contributed by atoms with Crippen LogP contribution in [0.5, 0.6) is 0 Å². The summed E-state index contributed by atoms with van der Waals surface area (Å²) < 4.78 is 0. The van der Waals surface area contributed by atoms with Gasteiger partial charge in [0.15, 0.2) is 0 Å². The molecule has 1 rings (SSSR count). The van der Waals surface area contributed by atoms with Gasteiger partial charge in [-0.15, -0.1) is 0 Å². The van der Waals surface area contributed by atoms with Gasteiger partial charge in [0.05, 0.1) is 0 Å². The molecule has 1 heterocycles. The zero-order chi connectivity index (χ0) is 9.03. The van der Waals surface area contributed by atoms with Gasteiger partial charge in [0.25, 0.3) is 0 Å². The Balaban J connectivity index is 2.57. The normalized spacial score (nSPS) is 23.2. The molecule has 0 bridgehead atoms. The van der Waals surface area contributed by atoms with E-state index in [2.05, 4.69) is 25.8 Å². The molecule has 0 N–H and O–H groups in total. The molecule has 1 heteroatoms. The van der Waals surface area contributed by atoms with Crippen LogP contribution in [0.15, 0.2) is 0 Å². The van der Waals surface area contributed by atoms with Crippen LogP contribution in [0.25, 0.3) is 0 Å². The van der Waals surface area contributed by atoms with Gasteiger partial charge >= 0.3 is 0 Å². The molecule has 0 aromatic heterocycles. The zero-order valence-corrected chi connectivity index (χ0v) is 8.90. The first-order valence-corrected chi connectivity index (χ1v) is 5.46. The van der Waals surface area contributed by atoms with E-state index in [1.807, 2.05) is 0 Å². The quantitative estimate of drug-likeness (QED) is 0.625. The number of likely N-dealkylation sites (tertiary alicyclic amines) is 1. The highest BCUT2D eigenvalue weighted by atomic mass is 15.2. The van der Waals surface area contributed by atoms with Gasteiger partial charge in [-0.1, -0.05) is 26.7 Å². The Hall–Kier alpha value is -0.0400. The molecule has 0 aromatic rings. The Morgan fingerprint density at radius 3 is 2.08 bits per heavy atom. The molecule has 0 aromatic carbocycles. The first-order chi connectivity index (χ1) is 5.75. The van der Waals surface area contributed by atoms with Gasteiger partial charge in [0, 0.05) is 5.54 Å². The maximum Gasteiger partial charge on any atom is 0.0206 e. The molecule has 0 unspecified atom stereocenters. The molecule has 0 atom stereocenters. The molecule has 0 amide bonds. The Bertz CT molecular complexity index is 125. The van der Waals surface area contributed by atoms with E-state index in [-0.39, 0.29) is 0 Å². The van der Waals surface area contributed by atoms with Gasteiger partial charge in [-0.05, 0) is 39.3 Å². The Morgan fingerprint density at radius 2 is 1.75 bits per heavy atom. The predicted octanol–water partition coefficient (Wildman–Crippen LogP) is 3.05. The highest BCUT2D eigenvalue weighted by molar-refractivity contribution is 4.93. The summed E-state index contributed by atoms with van der Waals surface area (Å²) in [6.07, 6.45) is 8.32. The van der Waals surface area contributed by atoms with E-state index in [0.29, 0.717) is 5.54 Å². The lowest BCUT2D eigenvalue weighted by atomic mass is 9.86. The van der Waals surface area contributed by atoms with Crippen molar-refractivity contribution >= 4 is 0 Å². The summed E-state index contributed by atoms with van der Waals surface area (Å²) in [6.45, 7) is 5.94. The Morgan fingerprint density at radius 1 is 1.17 bits per heavy atom. The van der Waals surface area contributed by atoms with Crippen LogP contribution in [0.4, 0.5) is 0 Å². The summed E-state index contributed by atoms with van der Waals surface area (Å²) in [7, 11) is 2.30. The minimum absolute atomic E-state index is 0.587. The first-order valence-electron chi connectivity index (χ1n) is 5.46. The lowest BCUT2D eigenvalue weighted by Gasteiger charge is -2.36. The molecule has 1 aliphatic rings. The van der Waals surface area contributed by atoms with E-state index >= 15 is 0 Å². The van der Waals surface area contributed by atoms with Crippen molar-refractivity contribution in [2.45, 2.75) is 57.9 Å². The van der Waals surface area contributed by atoms with Crippen LogP contribution in [0.1, 0.15) is 52.4 Å². The van der Waals surface area contributed by atoms with E-state index in [1.165, 1.54) is 45.1 Å². The fraction of sp³-hybridized carbons (Fsp3) is 1.00. The predicted molar refractivity (Wildman–Crippen MR) is 54.4 cm³/mol. The fourth-order valence-electron chi connectivity index (χ4n) is 2.76. The highest BCUT2D eigenvalue weighted by Gasteiger charge is 2.36. The number of rotatable bonds is 4. The molecular weight excluding hydrogens is 146 g/mol. The van der Waals surface area contributed by atoms with Crippen LogP contribution in [0.2, 0.25) is 0 Å². The smallest absolute Gasteiger partial charge is 0.0206 e. The van der Waals surface area contributed by atoms with E-state index in [9.17, 15) is 0 Å². The lowest BCUT2D eigenvalue weighted by molar-refractivity contribution is 0.145. The van der Waals surface area contributed by atoms with Gasteiger partial charge in [-0.3, -0.25) is 0 Å². The molecule has 1 saturated heterocycles. The molecule has 0 radical (unpaired) electrons. The standard InChI is InChI=1S/C11H23N/c1-4-7-11(8-5-2)9-6-10-12(11)3/h4-10H2,1-3H3. The third kappa shape index (κ3) is 1.82. The number of hydrogen-bond acceptors (Lipinski definition) is 1. The van der Waals surface area contributed by atoms with Crippen LogP contribution in [-0.2, 0) is 0 Å². The SMILES string of the molecule is CCCC1(CCC)CCCN1C. The third-order valence-corrected chi connectivity index (χ3v) is 3.38. The van der Waals surface area contributed by atoms with Crippen LogP contribution < -0.4 is 0 Å². The van der Waals surface area contributed by atoms with Crippen molar-refractivity contribution in [2.24, 2.45) is 0 Å². The van der Waals surface area contributed by atoms with Crippen LogP contribution in [-0.4, -0.2) is 24.0 Å². The fourth-order valence-corrected chi connectivity index (χ4v) is 2.76. The molecule has 12 heavy (non-hydrogen) atoms. The topological polar surface area (TPSA) is 3.24 Å². The van der Waals surface area contributed by atoms with Gasteiger partial charge in [-0.25, -0.2) is 0 Å². The molecular formula is C11H23N. The monoisotopic (exact) mass is 169 g/mol. The largest absolute Gasteiger partial charge is 0.301 e. The summed E-state index contributed by atoms with van der Waals surface area (Å²) in [5.74, 6) is 0. The van der Waals surface area contributed by atoms with Crippen LogP contribution in [0.3, 0.4) is 0 Å². The van der Waals surface area contributed by atoms with Gasteiger partial charge in [0.2, 0.25) is 0 Å². The second-order valence-electron chi connectivity index (χ2n) is 4.25. The van der Waals surface area contributed by atoms with Crippen LogP contribution >= 0.6 is 0 Å². The minimum Gasteiger partial charge on any atom is -0.301 e. The minimum atomic E-state index is 0.587. The van der Waals surface area contributed by atoms with Crippen molar-refractivity contribution in [3.63, 3.8) is 0 Å². The van der Waals surface area contributed by atoms with E-state index in [0.717, 1.165) is 0 Å². The van der Waals surface area contributed by atoms with Gasteiger partial charge < -0.3 is 4.90 Å².